The predicted molar refractivity (Wildman–Crippen MR) is 104 cm³/mol. The number of amides is 1. The molecule has 2 rings (SSSR count). The third kappa shape index (κ3) is 5.60. The van der Waals surface area contributed by atoms with Crippen molar-refractivity contribution in [2.75, 3.05) is 29.5 Å². The number of methoxy groups -OCH3 is 1. The summed E-state index contributed by atoms with van der Waals surface area (Å²) in [6.45, 7) is -0.0370. The number of carbonyl (C=O) groups is 1. The molecule has 2 aromatic rings. The average molecular weight is 417 g/mol. The van der Waals surface area contributed by atoms with E-state index in [1.54, 1.807) is 25.3 Å². The van der Waals surface area contributed by atoms with Crippen LogP contribution in [0.3, 0.4) is 0 Å². The molecule has 0 aromatic heterocycles. The maximum absolute atomic E-state index is 12.4. The summed E-state index contributed by atoms with van der Waals surface area (Å²) >= 11 is 12.0. The number of hydrogen-bond donors (Lipinski definition) is 1. The lowest BCUT2D eigenvalue weighted by Crippen LogP contribution is -2.37. The lowest BCUT2D eigenvalue weighted by Gasteiger charge is -2.23. The van der Waals surface area contributed by atoms with Crippen LogP contribution < -0.4 is 9.62 Å². The van der Waals surface area contributed by atoms with Crippen LogP contribution in [0.4, 0.5) is 11.4 Å². The van der Waals surface area contributed by atoms with E-state index >= 15 is 0 Å². The maximum atomic E-state index is 12.4. The number of benzene rings is 2. The van der Waals surface area contributed by atoms with Gasteiger partial charge < -0.3 is 10.1 Å². The topological polar surface area (TPSA) is 75.7 Å². The number of anilines is 2. The minimum atomic E-state index is -3.75. The molecule has 0 fully saturated rings. The summed E-state index contributed by atoms with van der Waals surface area (Å²) in [5.74, 6) is -0.513. The number of halogens is 2. The zero-order valence-corrected chi connectivity index (χ0v) is 16.5. The molecular weight excluding hydrogens is 399 g/mol. The number of sulfonamides is 1. The number of nitrogens with zero attached hydrogens (tertiary/aromatic N) is 1. The predicted octanol–water partition coefficient (Wildman–Crippen LogP) is 3.54. The summed E-state index contributed by atoms with van der Waals surface area (Å²) < 4.78 is 30.3. The second-order valence-electron chi connectivity index (χ2n) is 5.55. The lowest BCUT2D eigenvalue weighted by molar-refractivity contribution is -0.114. The van der Waals surface area contributed by atoms with Crippen molar-refractivity contribution in [1.29, 1.82) is 0 Å². The standard InChI is InChI=1S/C17H18Cl2N2O4S/c1-25-11-12-4-3-5-14(8-12)20-17(22)10-21(26(2,23)24)16-9-13(18)6-7-15(16)19/h3-9H,10-11H2,1-2H3,(H,20,22). The SMILES string of the molecule is COCc1cccc(NC(=O)CN(c2cc(Cl)ccc2Cl)S(C)(=O)=O)c1. The van der Waals surface area contributed by atoms with Crippen molar-refractivity contribution in [1.82, 2.24) is 0 Å². The molecule has 0 heterocycles. The van der Waals surface area contributed by atoms with Gasteiger partial charge in [-0.25, -0.2) is 8.42 Å². The molecule has 26 heavy (non-hydrogen) atoms. The molecule has 1 N–H and O–H groups in total. The summed E-state index contributed by atoms with van der Waals surface area (Å²) in [4.78, 5) is 12.4. The summed E-state index contributed by atoms with van der Waals surface area (Å²) in [6, 6.07) is 11.5. The van der Waals surface area contributed by atoms with E-state index in [1.807, 2.05) is 6.07 Å². The number of hydrogen-bond acceptors (Lipinski definition) is 4. The van der Waals surface area contributed by atoms with E-state index in [0.29, 0.717) is 17.3 Å². The highest BCUT2D eigenvalue weighted by atomic mass is 35.5. The third-order valence-electron chi connectivity index (χ3n) is 3.39. The zero-order chi connectivity index (χ0) is 19.3. The van der Waals surface area contributed by atoms with Gasteiger partial charge in [-0.1, -0.05) is 35.3 Å². The van der Waals surface area contributed by atoms with Crippen LogP contribution in [0.5, 0.6) is 0 Å². The number of carbonyl (C=O) groups excluding carboxylic acids is 1. The summed E-state index contributed by atoms with van der Waals surface area (Å²) in [7, 11) is -2.18. The molecule has 2 aromatic carbocycles. The molecule has 0 aliphatic heterocycles. The van der Waals surface area contributed by atoms with Crippen LogP contribution in [0.25, 0.3) is 0 Å². The number of rotatable bonds is 7. The molecule has 0 aliphatic carbocycles. The summed E-state index contributed by atoms with van der Waals surface area (Å²) in [5, 5.41) is 3.16. The molecule has 0 saturated heterocycles. The van der Waals surface area contributed by atoms with E-state index in [4.69, 9.17) is 27.9 Å². The fourth-order valence-electron chi connectivity index (χ4n) is 2.29. The Hall–Kier alpha value is -1.80. The molecule has 0 aliphatic rings. The van der Waals surface area contributed by atoms with Gasteiger partial charge in [-0.3, -0.25) is 9.10 Å². The molecular formula is C17H18Cl2N2O4S. The summed E-state index contributed by atoms with van der Waals surface area (Å²) in [6.07, 6.45) is 0.997. The Morgan fingerprint density at radius 1 is 1.19 bits per heavy atom. The van der Waals surface area contributed by atoms with Crippen LogP contribution in [0, 0.1) is 0 Å². The second kappa shape index (κ2) is 8.73. The van der Waals surface area contributed by atoms with Crippen molar-refractivity contribution in [3.05, 3.63) is 58.1 Å². The Kier molecular flexibility index (Phi) is 6.88. The van der Waals surface area contributed by atoms with Crippen LogP contribution in [0.15, 0.2) is 42.5 Å². The monoisotopic (exact) mass is 416 g/mol. The molecule has 6 nitrogen and oxygen atoms in total. The van der Waals surface area contributed by atoms with E-state index in [9.17, 15) is 13.2 Å². The molecule has 0 bridgehead atoms. The van der Waals surface area contributed by atoms with E-state index in [1.165, 1.54) is 18.2 Å². The van der Waals surface area contributed by atoms with Gasteiger partial charge in [0.1, 0.15) is 6.54 Å². The van der Waals surface area contributed by atoms with Crippen molar-refractivity contribution >= 4 is 50.5 Å². The Labute approximate surface area is 162 Å². The maximum Gasteiger partial charge on any atom is 0.245 e. The van der Waals surface area contributed by atoms with Crippen LogP contribution >= 0.6 is 23.2 Å². The highest BCUT2D eigenvalue weighted by Gasteiger charge is 2.23. The van der Waals surface area contributed by atoms with Crippen LogP contribution in [0.1, 0.15) is 5.56 Å². The molecule has 0 spiro atoms. The van der Waals surface area contributed by atoms with E-state index < -0.39 is 22.5 Å². The minimum absolute atomic E-state index is 0.143. The number of nitrogens with one attached hydrogen (secondary N) is 1. The van der Waals surface area contributed by atoms with Crippen molar-refractivity contribution in [2.24, 2.45) is 0 Å². The van der Waals surface area contributed by atoms with Gasteiger partial charge in [0.2, 0.25) is 15.9 Å². The van der Waals surface area contributed by atoms with Gasteiger partial charge >= 0.3 is 0 Å². The third-order valence-corrected chi connectivity index (χ3v) is 5.07. The molecule has 9 heteroatoms. The number of ether oxygens (including phenoxy) is 1. The van der Waals surface area contributed by atoms with Gasteiger partial charge in [-0.15, -0.1) is 0 Å². The molecule has 0 radical (unpaired) electrons. The van der Waals surface area contributed by atoms with Crippen LogP contribution in [-0.4, -0.2) is 34.2 Å². The fourth-order valence-corrected chi connectivity index (χ4v) is 3.59. The lowest BCUT2D eigenvalue weighted by atomic mass is 10.2. The fraction of sp³-hybridized carbons (Fsp3) is 0.235. The highest BCUT2D eigenvalue weighted by Crippen LogP contribution is 2.30. The van der Waals surface area contributed by atoms with Crippen LogP contribution in [-0.2, 0) is 26.2 Å². The van der Waals surface area contributed by atoms with Gasteiger partial charge in [0, 0.05) is 17.8 Å². The largest absolute Gasteiger partial charge is 0.380 e. The Balaban J connectivity index is 2.22. The quantitative estimate of drug-likeness (QED) is 0.748. The van der Waals surface area contributed by atoms with Crippen molar-refractivity contribution < 1.29 is 17.9 Å². The van der Waals surface area contributed by atoms with Gasteiger partial charge in [0.05, 0.1) is 23.6 Å². The van der Waals surface area contributed by atoms with Crippen molar-refractivity contribution in [3.63, 3.8) is 0 Å². The highest BCUT2D eigenvalue weighted by molar-refractivity contribution is 7.92. The van der Waals surface area contributed by atoms with Crippen molar-refractivity contribution in [3.8, 4) is 0 Å². The first-order valence-electron chi connectivity index (χ1n) is 7.51. The smallest absolute Gasteiger partial charge is 0.245 e. The average Bonchev–Trinajstić information content (AvgIpc) is 2.55. The van der Waals surface area contributed by atoms with Crippen molar-refractivity contribution in [2.45, 2.75) is 6.61 Å². The first kappa shape index (κ1) is 20.5. The van der Waals surface area contributed by atoms with E-state index in [-0.39, 0.29) is 10.7 Å². The van der Waals surface area contributed by atoms with Crippen LogP contribution in [0.2, 0.25) is 10.0 Å². The van der Waals surface area contributed by atoms with Gasteiger partial charge in [0.25, 0.3) is 0 Å². The molecule has 1 amide bonds. The molecule has 140 valence electrons. The van der Waals surface area contributed by atoms with E-state index in [2.05, 4.69) is 5.32 Å². The Morgan fingerprint density at radius 3 is 2.58 bits per heavy atom. The molecule has 0 saturated carbocycles. The minimum Gasteiger partial charge on any atom is -0.380 e. The molecule has 0 atom stereocenters. The normalized spacial score (nSPS) is 11.2. The zero-order valence-electron chi connectivity index (χ0n) is 14.2. The van der Waals surface area contributed by atoms with Gasteiger partial charge in [-0.05, 0) is 35.9 Å². The van der Waals surface area contributed by atoms with Gasteiger partial charge in [0.15, 0.2) is 0 Å². The summed E-state index contributed by atoms with van der Waals surface area (Å²) in [5.41, 5.74) is 1.56. The second-order valence-corrected chi connectivity index (χ2v) is 8.30. The van der Waals surface area contributed by atoms with Gasteiger partial charge in [-0.2, -0.15) is 0 Å². The Bertz CT molecular complexity index is 903. The Morgan fingerprint density at radius 2 is 1.92 bits per heavy atom. The first-order chi connectivity index (χ1) is 12.2. The van der Waals surface area contributed by atoms with E-state index in [0.717, 1.165) is 16.1 Å². The first-order valence-corrected chi connectivity index (χ1v) is 10.1. The molecule has 0 unspecified atom stereocenters.